The van der Waals surface area contributed by atoms with Gasteiger partial charge in [-0.15, -0.1) is 11.3 Å². The van der Waals surface area contributed by atoms with Gasteiger partial charge in [-0.05, 0) is 41.6 Å². The average molecular weight is 322 g/mol. The summed E-state index contributed by atoms with van der Waals surface area (Å²) in [7, 11) is 0. The van der Waals surface area contributed by atoms with E-state index < -0.39 is 17.1 Å². The van der Waals surface area contributed by atoms with E-state index >= 15 is 0 Å². The van der Waals surface area contributed by atoms with E-state index in [9.17, 15) is 20.3 Å². The zero-order chi connectivity index (χ0) is 16.1. The first-order valence-electron chi connectivity index (χ1n) is 6.82. The van der Waals surface area contributed by atoms with Crippen LogP contribution >= 0.6 is 11.3 Å². The van der Waals surface area contributed by atoms with E-state index in [1.54, 1.807) is 11.3 Å². The van der Waals surface area contributed by atoms with Gasteiger partial charge in [0, 0.05) is 23.6 Å². The molecule has 0 saturated heterocycles. The molecule has 0 unspecified atom stereocenters. The molecule has 7 heteroatoms. The van der Waals surface area contributed by atoms with Crippen LogP contribution in [-0.2, 0) is 6.54 Å². The van der Waals surface area contributed by atoms with Gasteiger partial charge in [-0.3, -0.25) is 10.1 Å². The standard InChI is InChI=1S/C15H18N2O4S/c1-10-6-7-22-14(10)8-16-13(9-18)15(19)11-2-4-12(5-3-11)17(20)21/h2-7,13,15-16,18-19H,8-9H2,1H3/t13-,15+/m0/s1. The fraction of sp³-hybridized carbons (Fsp3) is 0.333. The van der Waals surface area contributed by atoms with Crippen LogP contribution in [0.3, 0.4) is 0 Å². The van der Waals surface area contributed by atoms with Gasteiger partial charge in [0.05, 0.1) is 23.7 Å². The Bertz CT molecular complexity index is 627. The molecule has 0 aliphatic rings. The summed E-state index contributed by atoms with van der Waals surface area (Å²) < 4.78 is 0. The number of non-ortho nitro benzene ring substituents is 1. The van der Waals surface area contributed by atoms with Crippen molar-refractivity contribution in [2.75, 3.05) is 6.61 Å². The molecule has 0 fully saturated rings. The molecule has 2 aromatic rings. The lowest BCUT2D eigenvalue weighted by atomic mass is 10.0. The summed E-state index contributed by atoms with van der Waals surface area (Å²) in [4.78, 5) is 11.3. The number of nitrogens with zero attached hydrogens (tertiary/aromatic N) is 1. The molecule has 0 amide bonds. The van der Waals surface area contributed by atoms with Gasteiger partial charge in [0.15, 0.2) is 0 Å². The van der Waals surface area contributed by atoms with E-state index in [0.717, 1.165) is 4.88 Å². The normalized spacial score (nSPS) is 13.8. The number of nitro groups is 1. The maximum atomic E-state index is 10.6. The lowest BCUT2D eigenvalue weighted by Crippen LogP contribution is -2.37. The number of nitrogens with one attached hydrogen (secondary N) is 1. The van der Waals surface area contributed by atoms with E-state index in [1.165, 1.54) is 29.8 Å². The van der Waals surface area contributed by atoms with Gasteiger partial charge in [-0.1, -0.05) is 0 Å². The molecular weight excluding hydrogens is 304 g/mol. The average Bonchev–Trinajstić information content (AvgIpc) is 2.93. The molecular formula is C15H18N2O4S. The molecule has 0 spiro atoms. The summed E-state index contributed by atoms with van der Waals surface area (Å²) in [6, 6.07) is 7.17. The summed E-state index contributed by atoms with van der Waals surface area (Å²) in [6.45, 7) is 2.33. The molecule has 0 saturated carbocycles. The minimum absolute atomic E-state index is 0.0290. The highest BCUT2D eigenvalue weighted by Gasteiger charge is 2.21. The van der Waals surface area contributed by atoms with Crippen LogP contribution < -0.4 is 5.32 Å². The van der Waals surface area contributed by atoms with Crippen molar-refractivity contribution in [3.05, 3.63) is 61.8 Å². The van der Waals surface area contributed by atoms with Gasteiger partial charge in [-0.25, -0.2) is 0 Å². The van der Waals surface area contributed by atoms with Gasteiger partial charge < -0.3 is 15.5 Å². The van der Waals surface area contributed by atoms with Crippen molar-refractivity contribution in [2.24, 2.45) is 0 Å². The minimum Gasteiger partial charge on any atom is -0.395 e. The van der Waals surface area contributed by atoms with Gasteiger partial charge in [0.1, 0.15) is 0 Å². The molecule has 0 bridgehead atoms. The van der Waals surface area contributed by atoms with Crippen LogP contribution in [0, 0.1) is 17.0 Å². The van der Waals surface area contributed by atoms with Gasteiger partial charge >= 0.3 is 0 Å². The second kappa shape index (κ2) is 7.46. The molecule has 6 nitrogen and oxygen atoms in total. The van der Waals surface area contributed by atoms with Crippen molar-refractivity contribution >= 4 is 17.0 Å². The number of thiophene rings is 1. The fourth-order valence-corrected chi connectivity index (χ4v) is 2.97. The zero-order valence-corrected chi connectivity index (χ0v) is 12.9. The van der Waals surface area contributed by atoms with Crippen molar-refractivity contribution in [3.63, 3.8) is 0 Å². The monoisotopic (exact) mass is 322 g/mol. The van der Waals surface area contributed by atoms with E-state index in [1.807, 2.05) is 18.4 Å². The maximum Gasteiger partial charge on any atom is 0.269 e. The Hall–Kier alpha value is -1.80. The Morgan fingerprint density at radius 3 is 2.50 bits per heavy atom. The Morgan fingerprint density at radius 2 is 2.00 bits per heavy atom. The zero-order valence-electron chi connectivity index (χ0n) is 12.1. The Balaban J connectivity index is 2.03. The maximum absolute atomic E-state index is 10.6. The smallest absolute Gasteiger partial charge is 0.269 e. The van der Waals surface area contributed by atoms with E-state index in [-0.39, 0.29) is 12.3 Å². The second-order valence-electron chi connectivity index (χ2n) is 4.99. The highest BCUT2D eigenvalue weighted by molar-refractivity contribution is 7.10. The molecule has 2 rings (SSSR count). The van der Waals surface area contributed by atoms with Crippen LogP contribution in [-0.4, -0.2) is 27.8 Å². The van der Waals surface area contributed by atoms with Gasteiger partial charge in [0.2, 0.25) is 0 Å². The molecule has 3 N–H and O–H groups in total. The number of benzene rings is 1. The number of hydrogen-bond donors (Lipinski definition) is 3. The van der Waals surface area contributed by atoms with Crippen LogP contribution in [0.1, 0.15) is 22.1 Å². The van der Waals surface area contributed by atoms with Crippen LogP contribution in [0.25, 0.3) is 0 Å². The molecule has 1 aromatic heterocycles. The number of aliphatic hydroxyl groups excluding tert-OH is 2. The molecule has 22 heavy (non-hydrogen) atoms. The number of nitro benzene ring substituents is 1. The summed E-state index contributed by atoms with van der Waals surface area (Å²) in [5.74, 6) is 0. The third kappa shape index (κ3) is 3.89. The Kier molecular flexibility index (Phi) is 5.62. The Morgan fingerprint density at radius 1 is 1.32 bits per heavy atom. The van der Waals surface area contributed by atoms with Crippen LogP contribution in [0.5, 0.6) is 0 Å². The molecule has 0 radical (unpaired) electrons. The number of aliphatic hydroxyl groups is 2. The quantitative estimate of drug-likeness (QED) is 0.536. The number of rotatable bonds is 7. The predicted octanol–water partition coefficient (Wildman–Crippen LogP) is 2.15. The minimum atomic E-state index is -0.939. The van der Waals surface area contributed by atoms with Crippen molar-refractivity contribution < 1.29 is 15.1 Å². The molecule has 118 valence electrons. The number of hydrogen-bond acceptors (Lipinski definition) is 6. The summed E-state index contributed by atoms with van der Waals surface area (Å²) in [6.07, 6.45) is -0.939. The van der Waals surface area contributed by atoms with Gasteiger partial charge in [0.25, 0.3) is 5.69 Å². The van der Waals surface area contributed by atoms with Crippen molar-refractivity contribution in [3.8, 4) is 0 Å². The summed E-state index contributed by atoms with van der Waals surface area (Å²) >= 11 is 1.61. The van der Waals surface area contributed by atoms with E-state index in [4.69, 9.17) is 0 Å². The second-order valence-corrected chi connectivity index (χ2v) is 5.99. The van der Waals surface area contributed by atoms with Gasteiger partial charge in [-0.2, -0.15) is 0 Å². The number of aryl methyl sites for hydroxylation is 1. The molecule has 1 heterocycles. The molecule has 0 aliphatic carbocycles. The molecule has 2 atom stereocenters. The Labute approximate surface area is 132 Å². The highest BCUT2D eigenvalue weighted by Crippen LogP contribution is 2.21. The van der Waals surface area contributed by atoms with E-state index in [2.05, 4.69) is 5.32 Å². The first-order chi connectivity index (χ1) is 10.5. The lowest BCUT2D eigenvalue weighted by Gasteiger charge is -2.22. The topological polar surface area (TPSA) is 95.6 Å². The van der Waals surface area contributed by atoms with Crippen LogP contribution in [0.2, 0.25) is 0 Å². The summed E-state index contributed by atoms with van der Waals surface area (Å²) in [5.41, 5.74) is 1.66. The van der Waals surface area contributed by atoms with Crippen LogP contribution in [0.15, 0.2) is 35.7 Å². The third-order valence-corrected chi connectivity index (χ3v) is 4.54. The lowest BCUT2D eigenvalue weighted by molar-refractivity contribution is -0.384. The first kappa shape index (κ1) is 16.6. The van der Waals surface area contributed by atoms with Crippen molar-refractivity contribution in [1.82, 2.24) is 5.32 Å². The highest BCUT2D eigenvalue weighted by atomic mass is 32.1. The van der Waals surface area contributed by atoms with E-state index in [0.29, 0.717) is 12.1 Å². The largest absolute Gasteiger partial charge is 0.395 e. The first-order valence-corrected chi connectivity index (χ1v) is 7.70. The molecule has 1 aromatic carbocycles. The van der Waals surface area contributed by atoms with Crippen molar-refractivity contribution in [1.29, 1.82) is 0 Å². The van der Waals surface area contributed by atoms with Crippen molar-refractivity contribution in [2.45, 2.75) is 25.6 Å². The fourth-order valence-electron chi connectivity index (χ4n) is 2.11. The predicted molar refractivity (Wildman–Crippen MR) is 84.8 cm³/mol. The third-order valence-electron chi connectivity index (χ3n) is 3.52. The molecule has 0 aliphatic heterocycles. The summed E-state index contributed by atoms with van der Waals surface area (Å²) in [5, 5.41) is 35.5. The van der Waals surface area contributed by atoms with Crippen LogP contribution in [0.4, 0.5) is 5.69 Å². The SMILES string of the molecule is Cc1ccsc1CN[C@@H](CO)[C@H](O)c1ccc([N+](=O)[O-])cc1.